The van der Waals surface area contributed by atoms with Gasteiger partial charge in [0, 0.05) is 17.9 Å². The second-order valence-electron chi connectivity index (χ2n) is 2.64. The summed E-state index contributed by atoms with van der Waals surface area (Å²) in [5.41, 5.74) is 1.79. The number of aliphatic hydroxyl groups is 1. The molecule has 0 spiro atoms. The molecule has 0 radical (unpaired) electrons. The van der Waals surface area contributed by atoms with Crippen molar-refractivity contribution in [2.24, 2.45) is 0 Å². The first kappa shape index (κ1) is 9.74. The van der Waals surface area contributed by atoms with Crippen LogP contribution >= 0.6 is 0 Å². The van der Waals surface area contributed by atoms with E-state index in [2.05, 4.69) is 5.32 Å². The van der Waals surface area contributed by atoms with Gasteiger partial charge >= 0.3 is 0 Å². The first-order valence-electron chi connectivity index (χ1n) is 4.26. The van der Waals surface area contributed by atoms with E-state index in [4.69, 9.17) is 5.11 Å². The molecule has 0 aromatic heterocycles. The minimum absolute atomic E-state index is 0.190. The number of benzene rings is 1. The predicted molar refractivity (Wildman–Crippen MR) is 52.0 cm³/mol. The van der Waals surface area contributed by atoms with Gasteiger partial charge in [-0.25, -0.2) is 0 Å². The molecule has 70 valence electrons. The third kappa shape index (κ3) is 2.29. The van der Waals surface area contributed by atoms with Crippen molar-refractivity contribution in [1.29, 1.82) is 0 Å². The highest BCUT2D eigenvalue weighted by Crippen LogP contribution is 2.20. The molecular weight excluding hydrogens is 166 g/mol. The summed E-state index contributed by atoms with van der Waals surface area (Å²) in [5, 5.41) is 10.6. The number of aliphatic hydroxyl groups excluding tert-OH is 1. The standard InChI is InChI=1S/C8H7NO.C2H6O/c10-8-5-9-7-4-2-1-3-6(7)8;1-2-3/h1-4,9H,5H2;3H,2H2,1H3. The van der Waals surface area contributed by atoms with Crippen molar-refractivity contribution in [2.45, 2.75) is 6.92 Å². The number of hydrogen-bond donors (Lipinski definition) is 2. The molecule has 0 amide bonds. The number of fused-ring (bicyclic) bond motifs is 1. The van der Waals surface area contributed by atoms with E-state index in [1.807, 2.05) is 24.3 Å². The van der Waals surface area contributed by atoms with Gasteiger partial charge in [0.05, 0.1) is 6.54 Å². The number of rotatable bonds is 0. The molecule has 0 unspecified atom stereocenters. The number of nitrogens with one attached hydrogen (secondary N) is 1. The van der Waals surface area contributed by atoms with E-state index in [1.165, 1.54) is 0 Å². The zero-order valence-corrected chi connectivity index (χ0v) is 7.58. The number of anilines is 1. The molecule has 3 heteroatoms. The van der Waals surface area contributed by atoms with Gasteiger partial charge in [0.2, 0.25) is 0 Å². The maximum Gasteiger partial charge on any atom is 0.183 e. The van der Waals surface area contributed by atoms with Crippen molar-refractivity contribution in [3.63, 3.8) is 0 Å². The van der Waals surface area contributed by atoms with Crippen molar-refractivity contribution in [2.75, 3.05) is 18.5 Å². The quantitative estimate of drug-likeness (QED) is 0.631. The summed E-state index contributed by atoms with van der Waals surface area (Å²) in [5.74, 6) is 0.190. The highest BCUT2D eigenvalue weighted by Gasteiger charge is 2.16. The minimum atomic E-state index is 0.190. The Morgan fingerprint density at radius 3 is 2.69 bits per heavy atom. The second kappa shape index (κ2) is 4.62. The monoisotopic (exact) mass is 179 g/mol. The van der Waals surface area contributed by atoms with E-state index in [-0.39, 0.29) is 12.4 Å². The summed E-state index contributed by atoms with van der Waals surface area (Å²) in [6, 6.07) is 7.56. The van der Waals surface area contributed by atoms with Gasteiger partial charge in [-0.2, -0.15) is 0 Å². The van der Waals surface area contributed by atoms with Crippen LogP contribution in [0.3, 0.4) is 0 Å². The Hall–Kier alpha value is -1.35. The molecule has 1 aliphatic heterocycles. The maximum atomic E-state index is 11.0. The van der Waals surface area contributed by atoms with E-state index in [0.29, 0.717) is 6.54 Å². The number of carbonyl (C=O) groups is 1. The van der Waals surface area contributed by atoms with Crippen molar-refractivity contribution >= 4 is 11.5 Å². The first-order chi connectivity index (χ1) is 6.29. The first-order valence-corrected chi connectivity index (χ1v) is 4.26. The van der Waals surface area contributed by atoms with E-state index >= 15 is 0 Å². The number of para-hydroxylation sites is 1. The van der Waals surface area contributed by atoms with Crippen molar-refractivity contribution < 1.29 is 9.90 Å². The van der Waals surface area contributed by atoms with E-state index in [9.17, 15) is 4.79 Å². The Morgan fingerprint density at radius 2 is 2.08 bits per heavy atom. The molecule has 2 rings (SSSR count). The van der Waals surface area contributed by atoms with Gasteiger partial charge in [-0.1, -0.05) is 12.1 Å². The molecular formula is C10H13NO2. The average molecular weight is 179 g/mol. The molecule has 0 saturated carbocycles. The smallest absolute Gasteiger partial charge is 0.183 e. The Balaban J connectivity index is 0.000000251. The highest BCUT2D eigenvalue weighted by molar-refractivity contribution is 6.07. The molecule has 0 fully saturated rings. The van der Waals surface area contributed by atoms with Crippen LogP contribution in [-0.2, 0) is 0 Å². The fourth-order valence-corrected chi connectivity index (χ4v) is 1.15. The van der Waals surface area contributed by atoms with Crippen molar-refractivity contribution in [1.82, 2.24) is 0 Å². The summed E-state index contributed by atoms with van der Waals surface area (Å²) in [6.45, 7) is 2.39. The molecule has 13 heavy (non-hydrogen) atoms. The van der Waals surface area contributed by atoms with Crippen LogP contribution in [0.2, 0.25) is 0 Å². The van der Waals surface area contributed by atoms with Crippen LogP contribution in [0.25, 0.3) is 0 Å². The number of Topliss-reactive ketones (excluding diaryl/α,β-unsaturated/α-hetero) is 1. The maximum absolute atomic E-state index is 11.0. The van der Waals surface area contributed by atoms with Crippen LogP contribution in [0.5, 0.6) is 0 Å². The molecule has 0 atom stereocenters. The molecule has 3 nitrogen and oxygen atoms in total. The van der Waals surface area contributed by atoms with Gasteiger partial charge in [-0.15, -0.1) is 0 Å². The summed E-state index contributed by atoms with van der Waals surface area (Å²) in [7, 11) is 0. The largest absolute Gasteiger partial charge is 0.397 e. The second-order valence-corrected chi connectivity index (χ2v) is 2.64. The summed E-state index contributed by atoms with van der Waals surface area (Å²) in [6.07, 6.45) is 0. The van der Waals surface area contributed by atoms with Crippen LogP contribution in [0.1, 0.15) is 17.3 Å². The Morgan fingerprint density at radius 1 is 1.46 bits per heavy atom. The summed E-state index contributed by atoms with van der Waals surface area (Å²) < 4.78 is 0. The van der Waals surface area contributed by atoms with Crippen LogP contribution in [0.4, 0.5) is 5.69 Å². The van der Waals surface area contributed by atoms with Gasteiger partial charge in [-0.3, -0.25) is 4.79 Å². The van der Waals surface area contributed by atoms with Gasteiger partial charge in [0.25, 0.3) is 0 Å². The van der Waals surface area contributed by atoms with Crippen LogP contribution < -0.4 is 5.32 Å². The third-order valence-corrected chi connectivity index (χ3v) is 1.67. The lowest BCUT2D eigenvalue weighted by Crippen LogP contribution is -2.00. The molecule has 0 bridgehead atoms. The van der Waals surface area contributed by atoms with E-state index in [1.54, 1.807) is 6.92 Å². The summed E-state index contributed by atoms with van der Waals surface area (Å²) in [4.78, 5) is 11.0. The Kier molecular flexibility index (Phi) is 3.46. The lowest BCUT2D eigenvalue weighted by molar-refractivity contribution is 0.101. The van der Waals surface area contributed by atoms with E-state index < -0.39 is 0 Å². The van der Waals surface area contributed by atoms with Crippen molar-refractivity contribution in [3.05, 3.63) is 29.8 Å². The van der Waals surface area contributed by atoms with Crippen molar-refractivity contribution in [3.8, 4) is 0 Å². The number of carbonyl (C=O) groups excluding carboxylic acids is 1. The van der Waals surface area contributed by atoms with Crippen LogP contribution in [0, 0.1) is 0 Å². The molecule has 2 N–H and O–H groups in total. The van der Waals surface area contributed by atoms with E-state index in [0.717, 1.165) is 11.3 Å². The molecule has 1 aromatic carbocycles. The fourth-order valence-electron chi connectivity index (χ4n) is 1.15. The Labute approximate surface area is 77.4 Å². The Bertz CT molecular complexity index is 297. The average Bonchev–Trinajstić information content (AvgIpc) is 2.50. The molecule has 0 aliphatic carbocycles. The van der Waals surface area contributed by atoms with Crippen LogP contribution in [0.15, 0.2) is 24.3 Å². The highest BCUT2D eigenvalue weighted by atomic mass is 16.2. The topological polar surface area (TPSA) is 49.3 Å². The number of hydrogen-bond acceptors (Lipinski definition) is 3. The predicted octanol–water partition coefficient (Wildman–Crippen LogP) is 1.29. The van der Waals surface area contributed by atoms with Gasteiger partial charge in [-0.05, 0) is 19.1 Å². The van der Waals surface area contributed by atoms with Gasteiger partial charge in [0.15, 0.2) is 5.78 Å². The zero-order chi connectivity index (χ0) is 9.68. The lowest BCUT2D eigenvalue weighted by Gasteiger charge is -1.92. The summed E-state index contributed by atoms with van der Waals surface area (Å²) >= 11 is 0. The third-order valence-electron chi connectivity index (χ3n) is 1.67. The molecule has 0 saturated heterocycles. The minimum Gasteiger partial charge on any atom is -0.397 e. The normalized spacial score (nSPS) is 12.6. The fraction of sp³-hybridized carbons (Fsp3) is 0.300. The zero-order valence-electron chi connectivity index (χ0n) is 7.58. The molecule has 1 aliphatic rings. The SMILES string of the molecule is CCO.O=C1CNc2ccccc21. The molecule has 1 heterocycles. The number of ketones is 1. The van der Waals surface area contributed by atoms with Gasteiger partial charge < -0.3 is 10.4 Å². The van der Waals surface area contributed by atoms with Crippen LogP contribution in [-0.4, -0.2) is 24.0 Å². The lowest BCUT2D eigenvalue weighted by atomic mass is 10.1. The van der Waals surface area contributed by atoms with Gasteiger partial charge in [0.1, 0.15) is 0 Å². The molecule has 1 aromatic rings.